The molecule has 1 aliphatic rings. The zero-order valence-corrected chi connectivity index (χ0v) is 16.6. The Morgan fingerprint density at radius 3 is 2.27 bits per heavy atom. The maximum absolute atomic E-state index is 12.9. The molecule has 2 aromatic carbocycles. The molecule has 0 aliphatic carbocycles. The van der Waals surface area contributed by atoms with E-state index < -0.39 is 0 Å². The Balaban J connectivity index is 1.41. The van der Waals surface area contributed by atoms with Crippen molar-refractivity contribution in [3.05, 3.63) is 55.0 Å². The van der Waals surface area contributed by atoms with Crippen molar-refractivity contribution in [1.82, 2.24) is 14.5 Å². The van der Waals surface area contributed by atoms with Crippen molar-refractivity contribution in [2.45, 2.75) is 18.9 Å². The second kappa shape index (κ2) is 7.98. The molecule has 1 amide bonds. The van der Waals surface area contributed by atoms with Crippen LogP contribution in [0.1, 0.15) is 12.8 Å². The number of carbonyl (C=O) groups is 1. The second-order valence-electron chi connectivity index (χ2n) is 7.53. The summed E-state index contributed by atoms with van der Waals surface area (Å²) in [6.45, 7) is 1.65. The van der Waals surface area contributed by atoms with E-state index in [0.29, 0.717) is 11.3 Å². The molecule has 1 saturated heterocycles. The lowest BCUT2D eigenvalue weighted by molar-refractivity contribution is 0.181. The van der Waals surface area contributed by atoms with Crippen LogP contribution in [0.15, 0.2) is 55.0 Å². The molecular formula is C22H24N4O4. The summed E-state index contributed by atoms with van der Waals surface area (Å²) >= 11 is 0. The maximum Gasteiger partial charge on any atom is 0.329 e. The molecule has 1 aliphatic heterocycles. The van der Waals surface area contributed by atoms with Crippen LogP contribution in [0, 0.1) is 0 Å². The number of phenolic OH excluding ortho intramolecular Hbond substituents is 3. The van der Waals surface area contributed by atoms with Gasteiger partial charge in [0.2, 0.25) is 0 Å². The van der Waals surface area contributed by atoms with Crippen LogP contribution in [0.3, 0.4) is 0 Å². The number of amides is 1. The number of aromatic nitrogens is 2. The van der Waals surface area contributed by atoms with Crippen LogP contribution >= 0.6 is 0 Å². The first-order valence-electron chi connectivity index (χ1n) is 9.79. The monoisotopic (exact) mass is 408 g/mol. The molecule has 8 nitrogen and oxygen atoms in total. The van der Waals surface area contributed by atoms with E-state index in [1.807, 2.05) is 12.1 Å². The van der Waals surface area contributed by atoms with Gasteiger partial charge in [-0.25, -0.2) is 9.78 Å². The highest BCUT2D eigenvalue weighted by atomic mass is 16.3. The van der Waals surface area contributed by atoms with E-state index in [-0.39, 0.29) is 29.3 Å². The van der Waals surface area contributed by atoms with Crippen LogP contribution < -0.4 is 4.90 Å². The van der Waals surface area contributed by atoms with Gasteiger partial charge in [-0.15, -0.1) is 0 Å². The van der Waals surface area contributed by atoms with Gasteiger partial charge in [0.1, 0.15) is 23.6 Å². The molecule has 156 valence electrons. The van der Waals surface area contributed by atoms with Gasteiger partial charge in [-0.1, -0.05) is 0 Å². The highest BCUT2D eigenvalue weighted by Gasteiger charge is 2.26. The summed E-state index contributed by atoms with van der Waals surface area (Å²) in [5.41, 5.74) is 2.09. The molecule has 0 radical (unpaired) electrons. The number of hydrogen-bond donors (Lipinski definition) is 3. The normalized spacial score (nSPS) is 14.6. The minimum absolute atomic E-state index is 0.0663. The molecular weight excluding hydrogens is 384 g/mol. The molecule has 30 heavy (non-hydrogen) atoms. The van der Waals surface area contributed by atoms with Crippen LogP contribution in [0.25, 0.3) is 11.3 Å². The molecule has 4 rings (SSSR count). The summed E-state index contributed by atoms with van der Waals surface area (Å²) in [6, 6.07) is 11.3. The Labute approximate surface area is 174 Å². The molecule has 0 spiro atoms. The number of hydrogen-bond acceptors (Lipinski definition) is 6. The fourth-order valence-electron chi connectivity index (χ4n) is 3.83. The molecule has 8 heteroatoms. The maximum atomic E-state index is 12.9. The lowest BCUT2D eigenvalue weighted by Gasteiger charge is -2.37. The van der Waals surface area contributed by atoms with Crippen molar-refractivity contribution < 1.29 is 20.1 Å². The molecule has 2 heterocycles. The van der Waals surface area contributed by atoms with Crippen LogP contribution in [0.5, 0.6) is 17.2 Å². The average molecular weight is 408 g/mol. The topological polar surface area (TPSA) is 102 Å². The first-order chi connectivity index (χ1) is 14.4. The summed E-state index contributed by atoms with van der Waals surface area (Å²) in [4.78, 5) is 21.1. The van der Waals surface area contributed by atoms with Crippen molar-refractivity contribution in [3.63, 3.8) is 0 Å². The molecule has 1 aromatic heterocycles. The van der Waals surface area contributed by atoms with Gasteiger partial charge in [0.25, 0.3) is 0 Å². The van der Waals surface area contributed by atoms with Gasteiger partial charge in [-0.2, -0.15) is 0 Å². The van der Waals surface area contributed by atoms with E-state index in [4.69, 9.17) is 0 Å². The van der Waals surface area contributed by atoms with Crippen molar-refractivity contribution in [2.24, 2.45) is 0 Å². The number of piperidine rings is 1. The third kappa shape index (κ3) is 4.03. The lowest BCUT2D eigenvalue weighted by atomic mass is 10.0. The van der Waals surface area contributed by atoms with Gasteiger partial charge in [0.05, 0.1) is 5.69 Å². The second-order valence-corrected chi connectivity index (χ2v) is 7.53. The summed E-state index contributed by atoms with van der Waals surface area (Å²) in [6.07, 6.45) is 4.72. The number of nitrogens with zero attached hydrogens (tertiary/aromatic N) is 4. The Bertz CT molecular complexity index is 1020. The van der Waals surface area contributed by atoms with Gasteiger partial charge >= 0.3 is 6.03 Å². The van der Waals surface area contributed by atoms with E-state index in [9.17, 15) is 20.1 Å². The van der Waals surface area contributed by atoms with Crippen LogP contribution in [-0.2, 0) is 0 Å². The van der Waals surface area contributed by atoms with E-state index in [1.54, 1.807) is 30.3 Å². The first-order valence-corrected chi connectivity index (χ1v) is 9.79. The average Bonchev–Trinajstić information content (AvgIpc) is 3.23. The number of phenols is 3. The van der Waals surface area contributed by atoms with Crippen molar-refractivity contribution >= 4 is 11.7 Å². The molecule has 0 saturated carbocycles. The van der Waals surface area contributed by atoms with E-state index in [1.165, 1.54) is 29.1 Å². The summed E-state index contributed by atoms with van der Waals surface area (Å²) in [5.74, 6) is 0.117. The summed E-state index contributed by atoms with van der Waals surface area (Å²) < 4.78 is 1.42. The SMILES string of the molecule is CN(C(=O)n1cnc(-c2cc(O)cc(O)c2)c1)C1CCN(c2ccc(O)cc2)CC1. The zero-order valence-electron chi connectivity index (χ0n) is 16.6. The summed E-state index contributed by atoms with van der Waals surface area (Å²) in [5, 5.41) is 28.8. The minimum Gasteiger partial charge on any atom is -0.508 e. The first kappa shape index (κ1) is 19.6. The fraction of sp³-hybridized carbons (Fsp3) is 0.273. The Morgan fingerprint density at radius 2 is 1.63 bits per heavy atom. The van der Waals surface area contributed by atoms with Crippen LogP contribution in [0.4, 0.5) is 10.5 Å². The van der Waals surface area contributed by atoms with E-state index in [2.05, 4.69) is 9.88 Å². The molecule has 0 unspecified atom stereocenters. The Morgan fingerprint density at radius 1 is 1.00 bits per heavy atom. The van der Waals surface area contributed by atoms with Gasteiger partial charge in [-0.05, 0) is 49.2 Å². The molecule has 3 N–H and O–H groups in total. The molecule has 0 bridgehead atoms. The number of imidazole rings is 1. The van der Waals surface area contributed by atoms with Gasteiger partial charge in [0.15, 0.2) is 0 Å². The van der Waals surface area contributed by atoms with Crippen molar-refractivity contribution in [3.8, 4) is 28.5 Å². The molecule has 0 atom stereocenters. The summed E-state index contributed by atoms with van der Waals surface area (Å²) in [7, 11) is 1.79. The minimum atomic E-state index is -0.179. The van der Waals surface area contributed by atoms with Gasteiger partial charge in [-0.3, -0.25) is 4.57 Å². The highest BCUT2D eigenvalue weighted by Crippen LogP contribution is 2.28. The highest BCUT2D eigenvalue weighted by molar-refractivity contribution is 5.78. The number of anilines is 1. The number of aromatic hydroxyl groups is 3. The molecule has 3 aromatic rings. The third-order valence-electron chi connectivity index (χ3n) is 5.53. The number of rotatable bonds is 3. The van der Waals surface area contributed by atoms with E-state index >= 15 is 0 Å². The predicted octanol–water partition coefficient (Wildman–Crippen LogP) is 3.24. The lowest BCUT2D eigenvalue weighted by Crippen LogP contribution is -2.46. The van der Waals surface area contributed by atoms with Crippen molar-refractivity contribution in [1.29, 1.82) is 0 Å². The fourth-order valence-corrected chi connectivity index (χ4v) is 3.83. The Hall–Kier alpha value is -3.68. The number of carbonyl (C=O) groups excluding carboxylic acids is 1. The zero-order chi connectivity index (χ0) is 21.3. The quantitative estimate of drug-likeness (QED) is 0.615. The smallest absolute Gasteiger partial charge is 0.329 e. The predicted molar refractivity (Wildman–Crippen MR) is 113 cm³/mol. The molecule has 1 fully saturated rings. The number of benzene rings is 2. The van der Waals surface area contributed by atoms with Gasteiger partial charge < -0.3 is 25.1 Å². The van der Waals surface area contributed by atoms with Crippen molar-refractivity contribution in [2.75, 3.05) is 25.0 Å². The van der Waals surface area contributed by atoms with Crippen LogP contribution in [-0.4, -0.2) is 62.0 Å². The largest absolute Gasteiger partial charge is 0.508 e. The van der Waals surface area contributed by atoms with Crippen LogP contribution in [0.2, 0.25) is 0 Å². The Kier molecular flexibility index (Phi) is 5.22. The van der Waals surface area contributed by atoms with E-state index in [0.717, 1.165) is 31.6 Å². The standard InChI is InChI=1S/C22H24N4O4/c1-24(16-6-8-25(9-7-16)17-2-4-18(27)5-3-17)22(30)26-13-21(23-14-26)15-10-19(28)12-20(29)11-15/h2-5,10-14,16,27-29H,6-9H2,1H3. The van der Waals surface area contributed by atoms with Gasteiger partial charge in [0, 0.05) is 49.7 Å². The third-order valence-corrected chi connectivity index (χ3v) is 5.53.